The highest BCUT2D eigenvalue weighted by molar-refractivity contribution is 7.89. The number of sulfonamides is 1. The molecular formula is C19H17F2NO3S. The van der Waals surface area contributed by atoms with Crippen LogP contribution in [-0.4, -0.2) is 15.5 Å². The zero-order valence-electron chi connectivity index (χ0n) is 14.2. The molecule has 0 amide bonds. The van der Waals surface area contributed by atoms with Crippen LogP contribution in [0.2, 0.25) is 0 Å². The van der Waals surface area contributed by atoms with Crippen molar-refractivity contribution in [1.29, 1.82) is 0 Å². The van der Waals surface area contributed by atoms with Crippen LogP contribution in [0.5, 0.6) is 5.75 Å². The molecule has 7 heteroatoms. The number of fused-ring (bicyclic) bond motifs is 1. The van der Waals surface area contributed by atoms with E-state index in [1.165, 1.54) is 26.2 Å². The Hall–Kier alpha value is -2.51. The van der Waals surface area contributed by atoms with Gasteiger partial charge in [-0.15, -0.1) is 0 Å². The molecule has 3 aromatic rings. The van der Waals surface area contributed by atoms with Gasteiger partial charge in [-0.25, -0.2) is 21.9 Å². The molecule has 0 spiro atoms. The fourth-order valence-corrected chi connectivity index (χ4v) is 4.30. The van der Waals surface area contributed by atoms with Gasteiger partial charge in [0.05, 0.1) is 12.0 Å². The van der Waals surface area contributed by atoms with Crippen LogP contribution in [0.15, 0.2) is 59.5 Å². The Labute approximate surface area is 150 Å². The van der Waals surface area contributed by atoms with Crippen LogP contribution < -0.4 is 9.46 Å². The third-order valence-corrected chi connectivity index (χ3v) is 5.71. The summed E-state index contributed by atoms with van der Waals surface area (Å²) in [6, 6.07) is 12.1. The number of nitrogens with one attached hydrogen (secondary N) is 1. The van der Waals surface area contributed by atoms with Crippen molar-refractivity contribution >= 4 is 20.8 Å². The Bertz CT molecular complexity index is 1070. The second kappa shape index (κ2) is 7.01. The molecule has 0 radical (unpaired) electrons. The number of ether oxygens (including phenoxy) is 1. The van der Waals surface area contributed by atoms with Crippen LogP contribution in [-0.2, 0) is 10.0 Å². The summed E-state index contributed by atoms with van der Waals surface area (Å²) in [5.74, 6) is -0.973. The Kier molecular flexibility index (Phi) is 4.93. The van der Waals surface area contributed by atoms with Gasteiger partial charge in [0.1, 0.15) is 17.4 Å². The fourth-order valence-electron chi connectivity index (χ4n) is 2.87. The minimum Gasteiger partial charge on any atom is -0.496 e. The van der Waals surface area contributed by atoms with Gasteiger partial charge in [0, 0.05) is 28.4 Å². The summed E-state index contributed by atoms with van der Waals surface area (Å²) in [7, 11) is -2.44. The predicted molar refractivity (Wildman–Crippen MR) is 95.6 cm³/mol. The van der Waals surface area contributed by atoms with Crippen molar-refractivity contribution in [2.45, 2.75) is 17.9 Å². The molecule has 0 aromatic heterocycles. The van der Waals surface area contributed by atoms with E-state index < -0.39 is 27.7 Å². The third kappa shape index (κ3) is 3.40. The smallest absolute Gasteiger partial charge is 0.241 e. The first-order chi connectivity index (χ1) is 12.3. The van der Waals surface area contributed by atoms with Crippen LogP contribution in [0.3, 0.4) is 0 Å². The Morgan fingerprint density at radius 3 is 2.35 bits per heavy atom. The van der Waals surface area contributed by atoms with E-state index in [1.54, 1.807) is 30.3 Å². The molecule has 0 aliphatic heterocycles. The molecule has 0 saturated carbocycles. The molecule has 0 aliphatic rings. The Balaban J connectivity index is 2.02. The van der Waals surface area contributed by atoms with E-state index in [1.807, 2.05) is 0 Å². The largest absolute Gasteiger partial charge is 0.496 e. The highest BCUT2D eigenvalue weighted by Gasteiger charge is 2.23. The molecule has 136 valence electrons. The second-order valence-corrected chi connectivity index (χ2v) is 7.50. The lowest BCUT2D eigenvalue weighted by Gasteiger charge is -2.17. The summed E-state index contributed by atoms with van der Waals surface area (Å²) >= 11 is 0. The molecule has 26 heavy (non-hydrogen) atoms. The van der Waals surface area contributed by atoms with Crippen LogP contribution in [0.4, 0.5) is 8.78 Å². The fraction of sp³-hybridized carbons (Fsp3) is 0.158. The first kappa shape index (κ1) is 18.3. The van der Waals surface area contributed by atoms with E-state index in [0.29, 0.717) is 16.5 Å². The van der Waals surface area contributed by atoms with Gasteiger partial charge in [-0.05, 0) is 25.1 Å². The van der Waals surface area contributed by atoms with E-state index in [2.05, 4.69) is 4.72 Å². The van der Waals surface area contributed by atoms with Gasteiger partial charge in [0.25, 0.3) is 0 Å². The summed E-state index contributed by atoms with van der Waals surface area (Å²) < 4.78 is 60.4. The maximum atomic E-state index is 13.9. The molecule has 3 aromatic carbocycles. The highest BCUT2D eigenvalue weighted by atomic mass is 32.2. The molecule has 0 fully saturated rings. The molecule has 1 unspecified atom stereocenters. The van der Waals surface area contributed by atoms with E-state index in [0.717, 1.165) is 12.1 Å². The van der Waals surface area contributed by atoms with Crippen molar-refractivity contribution in [3.05, 3.63) is 71.8 Å². The number of halogens is 2. The molecule has 1 N–H and O–H groups in total. The topological polar surface area (TPSA) is 55.4 Å². The van der Waals surface area contributed by atoms with Crippen LogP contribution in [0.1, 0.15) is 18.5 Å². The van der Waals surface area contributed by atoms with Crippen molar-refractivity contribution in [2.75, 3.05) is 7.11 Å². The molecule has 3 rings (SSSR count). The lowest BCUT2D eigenvalue weighted by atomic mass is 10.1. The van der Waals surface area contributed by atoms with Gasteiger partial charge in [-0.3, -0.25) is 0 Å². The normalized spacial score (nSPS) is 12.9. The zero-order valence-corrected chi connectivity index (χ0v) is 15.0. The quantitative estimate of drug-likeness (QED) is 0.726. The molecule has 0 aliphatic carbocycles. The van der Waals surface area contributed by atoms with Crippen LogP contribution in [0.25, 0.3) is 10.8 Å². The van der Waals surface area contributed by atoms with Crippen LogP contribution >= 0.6 is 0 Å². The molecule has 4 nitrogen and oxygen atoms in total. The Morgan fingerprint density at radius 1 is 1.00 bits per heavy atom. The first-order valence-electron chi connectivity index (χ1n) is 7.86. The van der Waals surface area contributed by atoms with E-state index >= 15 is 0 Å². The summed E-state index contributed by atoms with van der Waals surface area (Å²) in [4.78, 5) is 0.0586. The molecular weight excluding hydrogens is 360 g/mol. The van der Waals surface area contributed by atoms with Gasteiger partial charge in [0.15, 0.2) is 0 Å². The van der Waals surface area contributed by atoms with Gasteiger partial charge >= 0.3 is 0 Å². The first-order valence-corrected chi connectivity index (χ1v) is 9.35. The van der Waals surface area contributed by atoms with E-state index in [4.69, 9.17) is 4.74 Å². The van der Waals surface area contributed by atoms with Crippen molar-refractivity contribution in [3.8, 4) is 5.75 Å². The predicted octanol–water partition coefficient (Wildman–Crippen LogP) is 4.17. The molecule has 1 atom stereocenters. The highest BCUT2D eigenvalue weighted by Crippen LogP contribution is 2.31. The number of rotatable bonds is 5. The summed E-state index contributed by atoms with van der Waals surface area (Å²) in [6.45, 7) is 1.50. The summed E-state index contributed by atoms with van der Waals surface area (Å²) in [6.07, 6.45) is 0. The molecule has 0 saturated heterocycles. The van der Waals surface area contributed by atoms with Gasteiger partial charge in [0.2, 0.25) is 10.0 Å². The number of hydrogen-bond acceptors (Lipinski definition) is 3. The van der Waals surface area contributed by atoms with Crippen molar-refractivity contribution < 1.29 is 21.9 Å². The number of hydrogen-bond donors (Lipinski definition) is 1. The molecule has 0 heterocycles. The van der Waals surface area contributed by atoms with Crippen molar-refractivity contribution in [1.82, 2.24) is 4.72 Å². The van der Waals surface area contributed by atoms with Gasteiger partial charge < -0.3 is 4.74 Å². The minimum absolute atomic E-state index is 0.0586. The van der Waals surface area contributed by atoms with E-state index in [9.17, 15) is 17.2 Å². The van der Waals surface area contributed by atoms with Crippen molar-refractivity contribution in [2.24, 2.45) is 0 Å². The standard InChI is InChI=1S/C19H17F2NO3S/c1-12(14-8-7-13(20)11-17(14)21)22-26(23,24)19-10-9-18(25-2)15-5-3-4-6-16(15)19/h3-12,22H,1-2H3. The maximum Gasteiger partial charge on any atom is 0.241 e. The van der Waals surface area contributed by atoms with Gasteiger partial charge in [-0.2, -0.15) is 0 Å². The van der Waals surface area contributed by atoms with E-state index in [-0.39, 0.29) is 10.5 Å². The number of benzene rings is 3. The summed E-state index contributed by atoms with van der Waals surface area (Å²) in [5, 5.41) is 1.14. The van der Waals surface area contributed by atoms with Crippen LogP contribution in [0, 0.1) is 11.6 Å². The molecule has 0 bridgehead atoms. The average molecular weight is 377 g/mol. The minimum atomic E-state index is -3.95. The zero-order chi connectivity index (χ0) is 18.9. The summed E-state index contributed by atoms with van der Waals surface area (Å²) in [5.41, 5.74) is 0.0628. The maximum absolute atomic E-state index is 13.9. The van der Waals surface area contributed by atoms with Crippen molar-refractivity contribution in [3.63, 3.8) is 0 Å². The lowest BCUT2D eigenvalue weighted by molar-refractivity contribution is 0.419. The third-order valence-electron chi connectivity index (χ3n) is 4.11. The number of methoxy groups -OCH3 is 1. The average Bonchev–Trinajstić information content (AvgIpc) is 2.60. The SMILES string of the molecule is COc1ccc(S(=O)(=O)NC(C)c2ccc(F)cc2F)c2ccccc12. The Morgan fingerprint density at radius 2 is 1.69 bits per heavy atom. The van der Waals surface area contributed by atoms with Gasteiger partial charge in [-0.1, -0.05) is 30.3 Å². The lowest BCUT2D eigenvalue weighted by Crippen LogP contribution is -2.27. The second-order valence-electron chi connectivity index (χ2n) is 5.82. The monoisotopic (exact) mass is 377 g/mol.